The number of hydrogen-bond acceptors (Lipinski definition) is 3. The van der Waals surface area contributed by atoms with E-state index in [4.69, 9.17) is 4.74 Å². The first kappa shape index (κ1) is 15.9. The predicted octanol–water partition coefficient (Wildman–Crippen LogP) is 4.72. The summed E-state index contributed by atoms with van der Waals surface area (Å²) in [6.45, 7) is 0.843. The van der Waals surface area contributed by atoms with Gasteiger partial charge in [0.15, 0.2) is 0 Å². The molecule has 0 aliphatic carbocycles. The van der Waals surface area contributed by atoms with E-state index < -0.39 is 0 Å². The zero-order chi connectivity index (χ0) is 16.8. The van der Waals surface area contributed by atoms with Crippen LogP contribution in [0.15, 0.2) is 72.8 Å². The average Bonchev–Trinajstić information content (AvgIpc) is 2.61. The Morgan fingerprint density at radius 3 is 2.38 bits per heavy atom. The molecule has 0 aliphatic heterocycles. The van der Waals surface area contributed by atoms with Gasteiger partial charge < -0.3 is 15.2 Å². The van der Waals surface area contributed by atoms with Crippen LogP contribution in [-0.4, -0.2) is 5.11 Å². The number of hydrogen-bond donors (Lipinski definition) is 2. The number of phenols is 1. The maximum absolute atomic E-state index is 12.9. The summed E-state index contributed by atoms with van der Waals surface area (Å²) in [7, 11) is 0. The van der Waals surface area contributed by atoms with Crippen LogP contribution in [0.25, 0.3) is 0 Å². The van der Waals surface area contributed by atoms with Crippen molar-refractivity contribution < 1.29 is 14.2 Å². The molecule has 0 bridgehead atoms. The molecule has 122 valence electrons. The maximum atomic E-state index is 12.9. The molecular formula is C20H18FNO2. The molecule has 3 rings (SSSR count). The van der Waals surface area contributed by atoms with Gasteiger partial charge in [-0.2, -0.15) is 0 Å². The summed E-state index contributed by atoms with van der Waals surface area (Å²) in [6.07, 6.45) is 0. The van der Waals surface area contributed by atoms with E-state index in [1.54, 1.807) is 18.2 Å². The fourth-order valence-corrected chi connectivity index (χ4v) is 2.28. The normalized spacial score (nSPS) is 10.4. The molecule has 3 aromatic carbocycles. The first-order valence-electron chi connectivity index (χ1n) is 7.69. The number of nitrogens with one attached hydrogen (secondary N) is 1. The van der Waals surface area contributed by atoms with Gasteiger partial charge in [-0.3, -0.25) is 0 Å². The van der Waals surface area contributed by atoms with Crippen LogP contribution in [0.3, 0.4) is 0 Å². The third-order valence-corrected chi connectivity index (χ3v) is 3.63. The zero-order valence-electron chi connectivity index (χ0n) is 13.1. The molecule has 0 unspecified atom stereocenters. The Morgan fingerprint density at radius 2 is 1.67 bits per heavy atom. The lowest BCUT2D eigenvalue weighted by atomic mass is 10.2. The first-order chi connectivity index (χ1) is 11.7. The molecule has 0 aromatic heterocycles. The minimum atomic E-state index is -0.272. The largest absolute Gasteiger partial charge is 0.507 e. The number of phenolic OH excluding ortho intramolecular Hbond substituents is 1. The highest BCUT2D eigenvalue weighted by atomic mass is 19.1. The molecule has 0 fully saturated rings. The Kier molecular flexibility index (Phi) is 4.96. The van der Waals surface area contributed by atoms with Crippen molar-refractivity contribution in [3.63, 3.8) is 0 Å². The minimum Gasteiger partial charge on any atom is -0.507 e. The second kappa shape index (κ2) is 7.51. The van der Waals surface area contributed by atoms with E-state index in [0.29, 0.717) is 18.9 Å². The van der Waals surface area contributed by atoms with E-state index in [2.05, 4.69) is 5.32 Å². The molecule has 0 heterocycles. The van der Waals surface area contributed by atoms with Crippen molar-refractivity contribution in [1.82, 2.24) is 0 Å². The second-order valence-electron chi connectivity index (χ2n) is 5.43. The van der Waals surface area contributed by atoms with Gasteiger partial charge in [-0.25, -0.2) is 4.39 Å². The van der Waals surface area contributed by atoms with E-state index in [9.17, 15) is 9.50 Å². The highest BCUT2D eigenvalue weighted by Gasteiger charge is 2.04. The molecule has 0 atom stereocenters. The minimum absolute atomic E-state index is 0.176. The number of rotatable bonds is 6. The number of ether oxygens (including phenoxy) is 1. The summed E-state index contributed by atoms with van der Waals surface area (Å²) < 4.78 is 18.5. The monoisotopic (exact) mass is 323 g/mol. The molecule has 0 saturated carbocycles. The molecule has 0 amide bonds. The number of benzene rings is 3. The van der Waals surface area contributed by atoms with Gasteiger partial charge in [-0.15, -0.1) is 0 Å². The van der Waals surface area contributed by atoms with E-state index >= 15 is 0 Å². The highest BCUT2D eigenvalue weighted by Crippen LogP contribution is 2.25. The topological polar surface area (TPSA) is 41.5 Å². The summed E-state index contributed by atoms with van der Waals surface area (Å²) in [6, 6.07) is 21.2. The van der Waals surface area contributed by atoms with Gasteiger partial charge in [-0.1, -0.05) is 30.3 Å². The molecular weight excluding hydrogens is 305 g/mol. The van der Waals surface area contributed by atoms with E-state index in [1.807, 2.05) is 42.5 Å². The third kappa shape index (κ3) is 4.26. The van der Waals surface area contributed by atoms with Crippen molar-refractivity contribution in [3.05, 3.63) is 89.7 Å². The van der Waals surface area contributed by atoms with Crippen LogP contribution in [0.2, 0.25) is 0 Å². The lowest BCUT2D eigenvalue weighted by Gasteiger charge is -2.11. The van der Waals surface area contributed by atoms with Gasteiger partial charge in [-0.05, 0) is 42.0 Å². The number of para-hydroxylation sites is 1. The molecule has 3 nitrogen and oxygen atoms in total. The zero-order valence-corrected chi connectivity index (χ0v) is 13.1. The third-order valence-electron chi connectivity index (χ3n) is 3.63. The van der Waals surface area contributed by atoms with Crippen LogP contribution in [0.5, 0.6) is 11.5 Å². The Bertz CT molecular complexity index is 788. The lowest BCUT2D eigenvalue weighted by molar-refractivity contribution is 0.304. The fourth-order valence-electron chi connectivity index (χ4n) is 2.28. The van der Waals surface area contributed by atoms with E-state index in [0.717, 1.165) is 16.8 Å². The van der Waals surface area contributed by atoms with Crippen molar-refractivity contribution >= 4 is 5.69 Å². The Hall–Kier alpha value is -3.01. The summed E-state index contributed by atoms with van der Waals surface area (Å²) in [5.41, 5.74) is 2.65. The van der Waals surface area contributed by atoms with Gasteiger partial charge in [0.1, 0.15) is 23.9 Å². The molecule has 3 aromatic rings. The van der Waals surface area contributed by atoms with E-state index in [1.165, 1.54) is 12.1 Å². The Labute approximate surface area is 140 Å². The van der Waals surface area contributed by atoms with E-state index in [-0.39, 0.29) is 11.6 Å². The SMILES string of the molecule is Oc1cc(OCc2ccc(F)cc2)ccc1CNc1ccccc1. The first-order valence-corrected chi connectivity index (χ1v) is 7.69. The molecule has 0 aliphatic rings. The highest BCUT2D eigenvalue weighted by molar-refractivity contribution is 5.46. The van der Waals surface area contributed by atoms with Crippen LogP contribution in [0.4, 0.5) is 10.1 Å². The van der Waals surface area contributed by atoms with Crippen molar-refractivity contribution in [2.24, 2.45) is 0 Å². The fraction of sp³-hybridized carbons (Fsp3) is 0.100. The second-order valence-corrected chi connectivity index (χ2v) is 5.43. The van der Waals surface area contributed by atoms with Crippen LogP contribution in [-0.2, 0) is 13.2 Å². The van der Waals surface area contributed by atoms with Crippen LogP contribution in [0.1, 0.15) is 11.1 Å². The summed E-state index contributed by atoms with van der Waals surface area (Å²) in [4.78, 5) is 0. The molecule has 2 N–H and O–H groups in total. The van der Waals surface area contributed by atoms with Gasteiger partial charge in [0.25, 0.3) is 0 Å². The van der Waals surface area contributed by atoms with Crippen molar-refractivity contribution in [2.75, 3.05) is 5.32 Å². The molecule has 0 radical (unpaired) electrons. The van der Waals surface area contributed by atoms with Gasteiger partial charge in [0.05, 0.1) is 0 Å². The van der Waals surface area contributed by atoms with Crippen molar-refractivity contribution in [2.45, 2.75) is 13.2 Å². The molecule has 0 spiro atoms. The summed E-state index contributed by atoms with van der Waals surface area (Å²) >= 11 is 0. The smallest absolute Gasteiger partial charge is 0.124 e. The molecule has 4 heteroatoms. The van der Waals surface area contributed by atoms with Gasteiger partial charge in [0, 0.05) is 23.9 Å². The van der Waals surface area contributed by atoms with Gasteiger partial charge in [0.2, 0.25) is 0 Å². The number of halogens is 1. The Morgan fingerprint density at radius 1 is 0.917 bits per heavy atom. The molecule has 0 saturated heterocycles. The van der Waals surface area contributed by atoms with Crippen molar-refractivity contribution in [3.8, 4) is 11.5 Å². The van der Waals surface area contributed by atoms with Crippen LogP contribution >= 0.6 is 0 Å². The summed E-state index contributed by atoms with van der Waals surface area (Å²) in [5, 5.41) is 13.4. The summed E-state index contributed by atoms with van der Waals surface area (Å²) in [5.74, 6) is 0.474. The average molecular weight is 323 g/mol. The van der Waals surface area contributed by atoms with Crippen molar-refractivity contribution in [1.29, 1.82) is 0 Å². The number of aromatic hydroxyl groups is 1. The standard InChI is InChI=1S/C20H18FNO2/c21-17-9-6-15(7-10-17)14-24-19-11-8-16(20(23)12-19)13-22-18-4-2-1-3-5-18/h1-12,22-23H,13-14H2. The Balaban J connectivity index is 1.58. The quantitative estimate of drug-likeness (QED) is 0.689. The predicted molar refractivity (Wildman–Crippen MR) is 92.6 cm³/mol. The molecule has 24 heavy (non-hydrogen) atoms. The lowest BCUT2D eigenvalue weighted by Crippen LogP contribution is -2.00. The van der Waals surface area contributed by atoms with Crippen LogP contribution < -0.4 is 10.1 Å². The number of anilines is 1. The van der Waals surface area contributed by atoms with Crippen LogP contribution in [0, 0.1) is 5.82 Å². The maximum Gasteiger partial charge on any atom is 0.124 e. The van der Waals surface area contributed by atoms with Gasteiger partial charge >= 0.3 is 0 Å².